The second-order valence-corrected chi connectivity index (χ2v) is 7.50. The lowest BCUT2D eigenvalue weighted by atomic mass is 10.2. The molecule has 0 saturated heterocycles. The molecule has 1 heterocycles. The van der Waals surface area contributed by atoms with Crippen molar-refractivity contribution in [3.63, 3.8) is 0 Å². The first-order valence-corrected chi connectivity index (χ1v) is 8.87. The summed E-state index contributed by atoms with van der Waals surface area (Å²) in [6, 6.07) is 7.26. The van der Waals surface area contributed by atoms with E-state index in [-0.39, 0.29) is 4.90 Å². The first-order chi connectivity index (χ1) is 10.3. The third-order valence-corrected chi connectivity index (χ3v) is 5.28. The third kappa shape index (κ3) is 4.12. The predicted molar refractivity (Wildman–Crippen MR) is 86.4 cm³/mol. The highest BCUT2D eigenvalue weighted by Crippen LogP contribution is 2.16. The number of aryl methyl sites for hydroxylation is 2. The summed E-state index contributed by atoms with van der Waals surface area (Å²) in [5.41, 5.74) is 1.76. The zero-order chi connectivity index (χ0) is 16.3. The van der Waals surface area contributed by atoms with Gasteiger partial charge in [0, 0.05) is 0 Å². The van der Waals surface area contributed by atoms with Crippen LogP contribution in [-0.2, 0) is 14.8 Å². The number of hydrogen-bond acceptors (Lipinski definition) is 5. The van der Waals surface area contributed by atoms with Crippen LogP contribution in [0.1, 0.15) is 18.2 Å². The van der Waals surface area contributed by atoms with Crippen molar-refractivity contribution in [3.05, 3.63) is 41.6 Å². The van der Waals surface area contributed by atoms with E-state index in [4.69, 9.17) is 0 Å². The molecule has 1 amide bonds. The van der Waals surface area contributed by atoms with E-state index in [1.807, 2.05) is 13.8 Å². The van der Waals surface area contributed by atoms with Gasteiger partial charge in [0.15, 0.2) is 0 Å². The molecular weight excluding hydrogens is 322 g/mol. The molecule has 1 aromatic heterocycles. The maximum Gasteiger partial charge on any atom is 0.242 e. The smallest absolute Gasteiger partial charge is 0.242 e. The summed E-state index contributed by atoms with van der Waals surface area (Å²) in [6.45, 7) is 5.18. The number of rotatable bonds is 5. The average Bonchev–Trinajstić information content (AvgIpc) is 2.84. The van der Waals surface area contributed by atoms with Gasteiger partial charge in [0.05, 0.1) is 16.6 Å². The van der Waals surface area contributed by atoms with Gasteiger partial charge in [-0.25, -0.2) is 8.42 Å². The fourth-order valence-electron chi connectivity index (χ4n) is 1.72. The molecular formula is C14H17N3O3S2. The molecule has 0 saturated carbocycles. The molecule has 8 heteroatoms. The summed E-state index contributed by atoms with van der Waals surface area (Å²) < 4.78 is 30.8. The SMILES string of the molecule is Cc1ccc(S(=O)(=O)NC(C)C(=O)Nc2cc(C)ns2)cc1. The fraction of sp³-hybridized carbons (Fsp3) is 0.286. The van der Waals surface area contributed by atoms with Crippen molar-refractivity contribution >= 4 is 32.5 Å². The Hall–Kier alpha value is -1.77. The molecule has 0 spiro atoms. The summed E-state index contributed by atoms with van der Waals surface area (Å²) >= 11 is 1.15. The number of amides is 1. The van der Waals surface area contributed by atoms with E-state index in [1.165, 1.54) is 19.1 Å². The second-order valence-electron chi connectivity index (χ2n) is 4.98. The Bertz CT molecular complexity index is 767. The number of sulfonamides is 1. The number of carbonyl (C=O) groups excluding carboxylic acids is 1. The minimum Gasteiger partial charge on any atom is -0.315 e. The number of hydrogen-bond donors (Lipinski definition) is 2. The number of nitrogens with zero attached hydrogens (tertiary/aromatic N) is 1. The van der Waals surface area contributed by atoms with Crippen LogP contribution in [0, 0.1) is 13.8 Å². The van der Waals surface area contributed by atoms with E-state index in [2.05, 4.69) is 14.4 Å². The van der Waals surface area contributed by atoms with Gasteiger partial charge in [-0.3, -0.25) is 4.79 Å². The van der Waals surface area contributed by atoms with Crippen LogP contribution in [0.5, 0.6) is 0 Å². The molecule has 1 aromatic carbocycles. The van der Waals surface area contributed by atoms with Crippen molar-refractivity contribution in [1.29, 1.82) is 0 Å². The maximum absolute atomic E-state index is 12.2. The molecule has 0 bridgehead atoms. The van der Waals surface area contributed by atoms with Crippen molar-refractivity contribution in [1.82, 2.24) is 9.10 Å². The number of aromatic nitrogens is 1. The van der Waals surface area contributed by atoms with Gasteiger partial charge in [0.25, 0.3) is 0 Å². The topological polar surface area (TPSA) is 88.2 Å². The Morgan fingerprint density at radius 2 is 1.86 bits per heavy atom. The van der Waals surface area contributed by atoms with E-state index in [0.29, 0.717) is 5.00 Å². The van der Waals surface area contributed by atoms with Crippen LogP contribution in [0.25, 0.3) is 0 Å². The Morgan fingerprint density at radius 3 is 2.41 bits per heavy atom. The highest BCUT2D eigenvalue weighted by molar-refractivity contribution is 7.89. The van der Waals surface area contributed by atoms with Crippen molar-refractivity contribution in [2.45, 2.75) is 31.7 Å². The van der Waals surface area contributed by atoms with E-state index >= 15 is 0 Å². The lowest BCUT2D eigenvalue weighted by molar-refractivity contribution is -0.117. The minimum atomic E-state index is -3.73. The summed E-state index contributed by atoms with van der Waals surface area (Å²) in [7, 11) is -3.73. The van der Waals surface area contributed by atoms with Crippen molar-refractivity contribution in [2.24, 2.45) is 0 Å². The average molecular weight is 339 g/mol. The van der Waals surface area contributed by atoms with E-state index in [1.54, 1.807) is 18.2 Å². The van der Waals surface area contributed by atoms with Gasteiger partial charge in [-0.2, -0.15) is 9.10 Å². The lowest BCUT2D eigenvalue weighted by Gasteiger charge is -2.13. The highest BCUT2D eigenvalue weighted by atomic mass is 32.2. The number of carbonyl (C=O) groups is 1. The van der Waals surface area contributed by atoms with Crippen LogP contribution < -0.4 is 10.0 Å². The summed E-state index contributed by atoms with van der Waals surface area (Å²) in [5.74, 6) is -0.431. The van der Waals surface area contributed by atoms with Crippen LogP contribution in [0.4, 0.5) is 5.00 Å². The monoisotopic (exact) mass is 339 g/mol. The molecule has 0 aliphatic carbocycles. The first kappa shape index (κ1) is 16.6. The molecule has 2 rings (SSSR count). The highest BCUT2D eigenvalue weighted by Gasteiger charge is 2.22. The number of nitrogens with one attached hydrogen (secondary N) is 2. The first-order valence-electron chi connectivity index (χ1n) is 6.61. The summed E-state index contributed by atoms with van der Waals surface area (Å²) in [5, 5.41) is 3.22. The van der Waals surface area contributed by atoms with Crippen molar-refractivity contribution < 1.29 is 13.2 Å². The third-order valence-electron chi connectivity index (χ3n) is 2.93. The van der Waals surface area contributed by atoms with Gasteiger partial charge in [0.2, 0.25) is 15.9 Å². The van der Waals surface area contributed by atoms with Crippen LogP contribution in [0.3, 0.4) is 0 Å². The van der Waals surface area contributed by atoms with E-state index in [0.717, 1.165) is 22.8 Å². The van der Waals surface area contributed by atoms with Crippen molar-refractivity contribution in [2.75, 3.05) is 5.32 Å². The molecule has 0 radical (unpaired) electrons. The normalized spacial score (nSPS) is 12.9. The van der Waals surface area contributed by atoms with Gasteiger partial charge >= 0.3 is 0 Å². The van der Waals surface area contributed by atoms with E-state index in [9.17, 15) is 13.2 Å². The van der Waals surface area contributed by atoms with Gasteiger partial charge in [-0.1, -0.05) is 17.7 Å². The fourth-order valence-corrected chi connectivity index (χ4v) is 3.59. The van der Waals surface area contributed by atoms with Gasteiger partial charge in [-0.15, -0.1) is 0 Å². The van der Waals surface area contributed by atoms with Crippen LogP contribution >= 0.6 is 11.5 Å². The molecule has 118 valence electrons. The van der Waals surface area contributed by atoms with Gasteiger partial charge < -0.3 is 5.32 Å². The number of anilines is 1. The Labute approximate surface area is 133 Å². The molecule has 1 unspecified atom stereocenters. The van der Waals surface area contributed by atoms with E-state index < -0.39 is 22.0 Å². The Morgan fingerprint density at radius 1 is 1.23 bits per heavy atom. The summed E-state index contributed by atoms with van der Waals surface area (Å²) in [4.78, 5) is 12.2. The van der Waals surface area contributed by atoms with Crippen LogP contribution in [0.2, 0.25) is 0 Å². The Balaban J connectivity index is 2.05. The van der Waals surface area contributed by atoms with Gasteiger partial charge in [0.1, 0.15) is 5.00 Å². The molecule has 22 heavy (non-hydrogen) atoms. The molecule has 2 aromatic rings. The standard InChI is InChI=1S/C14H17N3O3S2/c1-9-4-6-12(7-5-9)22(19,20)17-11(3)14(18)15-13-8-10(2)16-21-13/h4-8,11,17H,1-3H3,(H,15,18). The molecule has 1 atom stereocenters. The quantitative estimate of drug-likeness (QED) is 0.873. The molecule has 0 aliphatic heterocycles. The zero-order valence-electron chi connectivity index (χ0n) is 12.5. The predicted octanol–water partition coefficient (Wildman–Crippen LogP) is 2.07. The second kappa shape index (κ2) is 6.55. The number of benzene rings is 1. The summed E-state index contributed by atoms with van der Waals surface area (Å²) in [6.07, 6.45) is 0. The van der Waals surface area contributed by atoms with Gasteiger partial charge in [-0.05, 0) is 50.5 Å². The van der Waals surface area contributed by atoms with Crippen LogP contribution in [-0.4, -0.2) is 24.7 Å². The minimum absolute atomic E-state index is 0.131. The lowest BCUT2D eigenvalue weighted by Crippen LogP contribution is -2.41. The maximum atomic E-state index is 12.2. The molecule has 0 aliphatic rings. The zero-order valence-corrected chi connectivity index (χ0v) is 14.1. The van der Waals surface area contributed by atoms with Crippen molar-refractivity contribution in [3.8, 4) is 0 Å². The molecule has 0 fully saturated rings. The van der Waals surface area contributed by atoms with Crippen LogP contribution in [0.15, 0.2) is 35.2 Å². The largest absolute Gasteiger partial charge is 0.315 e. The molecule has 2 N–H and O–H groups in total. The molecule has 6 nitrogen and oxygen atoms in total. The Kier molecular flexibility index (Phi) is 4.94.